The van der Waals surface area contributed by atoms with Crippen LogP contribution >= 0.6 is 0 Å². The third-order valence-corrected chi connectivity index (χ3v) is 8.23. The van der Waals surface area contributed by atoms with Crippen LogP contribution in [0.1, 0.15) is 60.0 Å². The van der Waals surface area contributed by atoms with Gasteiger partial charge >= 0.3 is 0 Å². The van der Waals surface area contributed by atoms with E-state index in [1.54, 1.807) is 12.5 Å². The van der Waals surface area contributed by atoms with E-state index in [2.05, 4.69) is 17.1 Å². The number of fused-ring (bicyclic) bond motifs is 1. The first-order chi connectivity index (χ1) is 18.6. The average Bonchev–Trinajstić information content (AvgIpc) is 3.46. The van der Waals surface area contributed by atoms with Crippen LogP contribution in [0.5, 0.6) is 5.75 Å². The number of hydrogen-bond acceptors (Lipinski definition) is 4. The SMILES string of the molecule is CN1CCOc2ccccc2CCCCCC2(CCN(C(=O)c3ccccc3Cn3ccnc3)CC2)C1=O. The lowest BCUT2D eigenvalue weighted by atomic mass is 9.73. The standard InChI is InChI=1S/C31H38N4O3/c1-33-21-22-38-28-13-7-5-10-25(28)9-3-2-8-14-31(30(33)37)15-18-35(19-16-31)29(36)27-12-6-4-11-26(27)23-34-20-17-32-24-34/h4-7,10-13,17,20,24H,2-3,8-9,14-16,18-19,21-23H2,1H3. The maximum atomic E-state index is 13.8. The Labute approximate surface area is 225 Å². The van der Waals surface area contributed by atoms with Gasteiger partial charge in [0, 0.05) is 44.6 Å². The maximum Gasteiger partial charge on any atom is 0.254 e. The summed E-state index contributed by atoms with van der Waals surface area (Å²) >= 11 is 0. The molecular formula is C31H38N4O3. The van der Waals surface area contributed by atoms with Crippen LogP contribution in [-0.4, -0.2) is 64.5 Å². The molecule has 2 aliphatic heterocycles. The molecule has 0 bridgehead atoms. The van der Waals surface area contributed by atoms with Crippen molar-refractivity contribution in [1.29, 1.82) is 0 Å². The van der Waals surface area contributed by atoms with E-state index in [4.69, 9.17) is 4.74 Å². The topological polar surface area (TPSA) is 67.7 Å². The van der Waals surface area contributed by atoms with E-state index < -0.39 is 5.41 Å². The van der Waals surface area contributed by atoms with E-state index in [0.717, 1.165) is 49.0 Å². The van der Waals surface area contributed by atoms with Gasteiger partial charge < -0.3 is 19.1 Å². The summed E-state index contributed by atoms with van der Waals surface area (Å²) in [4.78, 5) is 35.3. The highest BCUT2D eigenvalue weighted by Crippen LogP contribution is 2.39. The Morgan fingerprint density at radius 1 is 0.974 bits per heavy atom. The molecule has 7 heteroatoms. The van der Waals surface area contributed by atoms with Crippen LogP contribution in [0.25, 0.3) is 0 Å². The minimum absolute atomic E-state index is 0.0483. The van der Waals surface area contributed by atoms with Gasteiger partial charge in [0.2, 0.25) is 5.91 Å². The third-order valence-electron chi connectivity index (χ3n) is 8.23. The molecule has 2 aliphatic rings. The lowest BCUT2D eigenvalue weighted by molar-refractivity contribution is -0.144. The summed E-state index contributed by atoms with van der Waals surface area (Å²) in [5, 5.41) is 0. The fourth-order valence-corrected chi connectivity index (χ4v) is 5.93. The van der Waals surface area contributed by atoms with Crippen molar-refractivity contribution in [2.24, 2.45) is 5.41 Å². The van der Waals surface area contributed by atoms with Gasteiger partial charge in [0.15, 0.2) is 0 Å². The van der Waals surface area contributed by atoms with Gasteiger partial charge in [-0.05, 0) is 55.4 Å². The van der Waals surface area contributed by atoms with Crippen molar-refractivity contribution in [3.63, 3.8) is 0 Å². The summed E-state index contributed by atoms with van der Waals surface area (Å²) in [6, 6.07) is 16.1. The molecule has 0 N–H and O–H groups in total. The number of ether oxygens (including phenoxy) is 1. The molecule has 38 heavy (non-hydrogen) atoms. The number of rotatable bonds is 3. The Balaban J connectivity index is 1.27. The fraction of sp³-hybridized carbons (Fsp3) is 0.452. The highest BCUT2D eigenvalue weighted by atomic mass is 16.5. The van der Waals surface area contributed by atoms with Crippen LogP contribution < -0.4 is 4.74 Å². The number of aryl methyl sites for hydroxylation is 1. The van der Waals surface area contributed by atoms with Gasteiger partial charge in [0.25, 0.3) is 5.91 Å². The predicted octanol–water partition coefficient (Wildman–Crippen LogP) is 4.81. The molecule has 3 aromatic rings. The number of hydrogen-bond donors (Lipinski definition) is 0. The highest BCUT2D eigenvalue weighted by Gasteiger charge is 2.43. The molecule has 7 nitrogen and oxygen atoms in total. The van der Waals surface area contributed by atoms with E-state index in [1.807, 2.05) is 64.0 Å². The molecule has 3 heterocycles. The first kappa shape index (κ1) is 26.0. The van der Waals surface area contributed by atoms with Crippen molar-refractivity contribution in [2.45, 2.75) is 51.5 Å². The zero-order chi connectivity index (χ0) is 26.4. The summed E-state index contributed by atoms with van der Waals surface area (Å²) in [5.74, 6) is 1.18. The number of benzene rings is 2. The van der Waals surface area contributed by atoms with E-state index >= 15 is 0 Å². The van der Waals surface area contributed by atoms with Crippen molar-refractivity contribution in [3.05, 3.63) is 83.9 Å². The second-order valence-electron chi connectivity index (χ2n) is 10.7. The second kappa shape index (κ2) is 11.8. The van der Waals surface area contributed by atoms with Crippen LogP contribution in [0.15, 0.2) is 67.3 Å². The molecule has 0 unspecified atom stereocenters. The van der Waals surface area contributed by atoms with Crippen LogP contribution in [0, 0.1) is 5.41 Å². The number of amides is 2. The summed E-state index contributed by atoms with van der Waals surface area (Å²) in [6.07, 6.45) is 11.9. The lowest BCUT2D eigenvalue weighted by Gasteiger charge is -2.43. The normalized spacial score (nSPS) is 18.6. The van der Waals surface area contributed by atoms with Crippen LogP contribution in [0.2, 0.25) is 0 Å². The fourth-order valence-electron chi connectivity index (χ4n) is 5.93. The first-order valence-electron chi connectivity index (χ1n) is 13.8. The Bertz CT molecular complexity index is 1230. The molecule has 1 spiro atoms. The van der Waals surface area contributed by atoms with Gasteiger partial charge in [0.1, 0.15) is 12.4 Å². The maximum absolute atomic E-state index is 13.8. The number of para-hydroxylation sites is 1. The summed E-state index contributed by atoms with van der Waals surface area (Å²) in [6.45, 7) is 2.83. The van der Waals surface area contributed by atoms with Gasteiger partial charge in [-0.1, -0.05) is 49.2 Å². The van der Waals surface area contributed by atoms with Crippen LogP contribution in [-0.2, 0) is 17.8 Å². The van der Waals surface area contributed by atoms with E-state index in [0.29, 0.717) is 45.6 Å². The minimum Gasteiger partial charge on any atom is -0.491 e. The Morgan fingerprint density at radius 3 is 2.58 bits per heavy atom. The lowest BCUT2D eigenvalue weighted by Crippen LogP contribution is -2.51. The number of carbonyl (C=O) groups excluding carboxylic acids is 2. The zero-order valence-corrected chi connectivity index (χ0v) is 22.3. The van der Waals surface area contributed by atoms with Crippen LogP contribution in [0.4, 0.5) is 0 Å². The van der Waals surface area contributed by atoms with E-state index in [-0.39, 0.29) is 11.8 Å². The smallest absolute Gasteiger partial charge is 0.254 e. The quantitative estimate of drug-likeness (QED) is 0.503. The molecule has 1 fully saturated rings. The number of imidazole rings is 1. The van der Waals surface area contributed by atoms with Crippen molar-refractivity contribution in [3.8, 4) is 5.75 Å². The van der Waals surface area contributed by atoms with Crippen molar-refractivity contribution in [1.82, 2.24) is 19.4 Å². The largest absolute Gasteiger partial charge is 0.491 e. The minimum atomic E-state index is -0.414. The van der Waals surface area contributed by atoms with Crippen molar-refractivity contribution < 1.29 is 14.3 Å². The Hall–Kier alpha value is -3.61. The summed E-state index contributed by atoms with van der Waals surface area (Å²) in [7, 11) is 1.89. The number of piperidine rings is 1. The molecule has 0 aliphatic carbocycles. The monoisotopic (exact) mass is 514 g/mol. The van der Waals surface area contributed by atoms with Crippen molar-refractivity contribution in [2.75, 3.05) is 33.3 Å². The summed E-state index contributed by atoms with van der Waals surface area (Å²) in [5.41, 5.74) is 2.54. The molecule has 200 valence electrons. The highest BCUT2D eigenvalue weighted by molar-refractivity contribution is 5.96. The molecule has 1 saturated heterocycles. The number of likely N-dealkylation sites (N-methyl/N-ethyl adjacent to an activating group) is 1. The number of nitrogens with zero attached hydrogens (tertiary/aromatic N) is 4. The first-order valence-corrected chi connectivity index (χ1v) is 13.8. The zero-order valence-electron chi connectivity index (χ0n) is 22.3. The molecule has 1 aromatic heterocycles. The Morgan fingerprint density at radius 2 is 1.76 bits per heavy atom. The van der Waals surface area contributed by atoms with Gasteiger partial charge in [-0.15, -0.1) is 0 Å². The number of aromatic nitrogens is 2. The molecule has 0 atom stereocenters. The molecule has 2 aromatic carbocycles. The number of carbonyl (C=O) groups is 2. The number of likely N-dealkylation sites (tertiary alicyclic amines) is 1. The van der Waals surface area contributed by atoms with Gasteiger partial charge in [-0.3, -0.25) is 9.59 Å². The molecular weight excluding hydrogens is 476 g/mol. The molecule has 2 amide bonds. The second-order valence-corrected chi connectivity index (χ2v) is 10.7. The Kier molecular flexibility index (Phi) is 8.11. The average molecular weight is 515 g/mol. The molecule has 0 saturated carbocycles. The third kappa shape index (κ3) is 5.77. The van der Waals surface area contributed by atoms with Gasteiger partial charge in [0.05, 0.1) is 18.3 Å². The molecule has 0 radical (unpaired) electrons. The van der Waals surface area contributed by atoms with E-state index in [9.17, 15) is 9.59 Å². The van der Waals surface area contributed by atoms with Gasteiger partial charge in [-0.2, -0.15) is 0 Å². The van der Waals surface area contributed by atoms with Crippen LogP contribution in [0.3, 0.4) is 0 Å². The predicted molar refractivity (Wildman–Crippen MR) is 147 cm³/mol. The summed E-state index contributed by atoms with van der Waals surface area (Å²) < 4.78 is 8.06. The molecule has 5 rings (SSSR count). The van der Waals surface area contributed by atoms with Crippen molar-refractivity contribution >= 4 is 11.8 Å². The van der Waals surface area contributed by atoms with E-state index in [1.165, 1.54) is 5.56 Å². The van der Waals surface area contributed by atoms with Gasteiger partial charge in [-0.25, -0.2) is 4.98 Å².